The lowest BCUT2D eigenvalue weighted by Crippen LogP contribution is -2.45. The van der Waals surface area contributed by atoms with E-state index in [1.165, 1.54) is 36.5 Å². The number of rotatable bonds is 14. The summed E-state index contributed by atoms with van der Waals surface area (Å²) in [6.07, 6.45) is -9.03. The Bertz CT molecular complexity index is 2100. The maximum absolute atomic E-state index is 13.6. The topological polar surface area (TPSA) is 158 Å². The molecule has 2 aliphatic rings. The number of alkyl halides is 3. The Morgan fingerprint density at radius 1 is 1.11 bits per heavy atom. The molecule has 2 amide bonds. The number of nitrogens with zero attached hydrogens (tertiary/aromatic N) is 5. The second kappa shape index (κ2) is 15.3. The van der Waals surface area contributed by atoms with E-state index >= 15 is 0 Å². The van der Waals surface area contributed by atoms with E-state index in [-0.39, 0.29) is 40.6 Å². The molecule has 0 aromatic carbocycles. The number of amides is 2. The zero-order valence-electron chi connectivity index (χ0n) is 33.9. The van der Waals surface area contributed by atoms with Crippen molar-refractivity contribution in [1.82, 2.24) is 29.4 Å². The zero-order chi connectivity index (χ0) is 42.4. The summed E-state index contributed by atoms with van der Waals surface area (Å²) in [5.41, 5.74) is -4.06. The van der Waals surface area contributed by atoms with Crippen molar-refractivity contribution in [3.8, 4) is 11.7 Å². The van der Waals surface area contributed by atoms with Gasteiger partial charge >= 0.3 is 12.3 Å². The average Bonchev–Trinajstić information content (AvgIpc) is 3.70. The van der Waals surface area contributed by atoms with Gasteiger partial charge in [-0.3, -0.25) is 4.79 Å². The molecular weight excluding hydrogens is 739 g/mol. The first-order chi connectivity index (χ1) is 26.2. The minimum Gasteiger partial charge on any atom is -0.477 e. The first-order valence-electron chi connectivity index (χ1n) is 18.9. The summed E-state index contributed by atoms with van der Waals surface area (Å²) in [6.45, 7) is 9.47. The lowest BCUT2D eigenvalue weighted by molar-refractivity contribution is -0.189. The fraction of sp³-hybridized carbons (Fsp3) is 0.571. The molecule has 1 saturated carbocycles. The van der Waals surface area contributed by atoms with Crippen molar-refractivity contribution in [1.29, 1.82) is 0 Å². The minimum atomic E-state index is -4.94. The number of ether oxygens (including phenoxy) is 2. The molecule has 0 unspecified atom stereocenters. The molecule has 5 rings (SSSR count). The molecule has 1 aliphatic heterocycles. The predicted molar refractivity (Wildman–Crippen MR) is 191 cm³/mol. The number of hydrogen-bond donors (Lipinski definition) is 2. The fourth-order valence-electron chi connectivity index (χ4n) is 5.87. The standard InChI is InChI=1S/C35H45ClF3N7O6S/c1-32(2,3)52-31(48)45-22-23(21-33(45,4)5)9-7-18-40-25-10-6-11-28(41-25)53(49,50)44-30(47)24-12-13-26(42-29(24)36)46-19-14-27(43-46)51-20-8-15-34(16-17-34)35(37,38)39/h6,10-14,19,23H,7-9,15-18,20-22H2,1-5H3,(H,40,41)(H,44,47)/t23-/m0/s1/i8D2,15D2. The molecule has 3 aromatic rings. The number of hydrogen-bond acceptors (Lipinski definition) is 10. The van der Waals surface area contributed by atoms with Gasteiger partial charge in [-0.2, -0.15) is 21.6 Å². The number of likely N-dealkylation sites (tertiary alicyclic amines) is 1. The van der Waals surface area contributed by atoms with Crippen molar-refractivity contribution in [2.75, 3.05) is 25.0 Å². The normalized spacial score (nSPS) is 19.7. The lowest BCUT2D eigenvalue weighted by Gasteiger charge is -2.33. The average molecular weight is 788 g/mol. The van der Waals surface area contributed by atoms with Crippen molar-refractivity contribution in [3.05, 3.63) is 53.3 Å². The molecule has 1 aliphatic carbocycles. The molecule has 0 spiro atoms. The number of pyridine rings is 2. The second-order valence-electron chi connectivity index (χ2n) is 14.6. The Balaban J connectivity index is 1.14. The molecule has 2 fully saturated rings. The molecule has 13 nitrogen and oxygen atoms in total. The third-order valence-electron chi connectivity index (χ3n) is 8.69. The fourth-order valence-corrected chi connectivity index (χ4v) is 7.04. The van der Waals surface area contributed by atoms with E-state index in [9.17, 15) is 31.2 Å². The monoisotopic (exact) mass is 787 g/mol. The number of aromatic nitrogens is 4. The van der Waals surface area contributed by atoms with Crippen LogP contribution < -0.4 is 14.8 Å². The Labute approximate surface area is 317 Å². The summed E-state index contributed by atoms with van der Waals surface area (Å²) in [5.74, 6) is -0.831. The van der Waals surface area contributed by atoms with E-state index < -0.39 is 75.5 Å². The number of sulfonamides is 1. The Hall–Kier alpha value is -4.12. The van der Waals surface area contributed by atoms with Gasteiger partial charge in [0, 0.05) is 36.4 Å². The molecule has 290 valence electrons. The van der Waals surface area contributed by atoms with Crippen molar-refractivity contribution >= 4 is 39.4 Å². The summed E-state index contributed by atoms with van der Waals surface area (Å²) >= 11 is 6.25. The van der Waals surface area contributed by atoms with Crippen LogP contribution in [0.2, 0.25) is 5.15 Å². The van der Waals surface area contributed by atoms with Gasteiger partial charge in [-0.05, 0) is 110 Å². The van der Waals surface area contributed by atoms with Crippen LogP contribution in [0.15, 0.2) is 47.6 Å². The molecular formula is C35H45ClF3N7O6S. The number of carbonyl (C=O) groups excluding carboxylic acids is 2. The van der Waals surface area contributed by atoms with Gasteiger partial charge in [0.15, 0.2) is 10.8 Å². The third-order valence-corrected chi connectivity index (χ3v) is 10.2. The van der Waals surface area contributed by atoms with Crippen LogP contribution in [-0.4, -0.2) is 82.1 Å². The highest BCUT2D eigenvalue weighted by atomic mass is 35.5. The predicted octanol–water partition coefficient (Wildman–Crippen LogP) is 7.16. The van der Waals surface area contributed by atoms with Gasteiger partial charge in [-0.15, -0.1) is 5.10 Å². The van der Waals surface area contributed by atoms with E-state index in [4.69, 9.17) is 26.6 Å². The maximum atomic E-state index is 13.6. The maximum Gasteiger partial charge on any atom is 0.410 e. The zero-order valence-corrected chi connectivity index (χ0v) is 31.5. The Morgan fingerprint density at radius 3 is 2.51 bits per heavy atom. The van der Waals surface area contributed by atoms with E-state index in [0.717, 1.165) is 17.5 Å². The van der Waals surface area contributed by atoms with Gasteiger partial charge in [-0.25, -0.2) is 24.2 Å². The quantitative estimate of drug-likeness (QED) is 0.127. The van der Waals surface area contributed by atoms with Crippen LogP contribution in [0.5, 0.6) is 5.88 Å². The number of carbonyl (C=O) groups is 2. The molecule has 1 saturated heterocycles. The summed E-state index contributed by atoms with van der Waals surface area (Å²) in [5, 5.41) is 6.28. The number of anilines is 1. The van der Waals surface area contributed by atoms with E-state index in [1.807, 2.05) is 39.3 Å². The van der Waals surface area contributed by atoms with Crippen molar-refractivity contribution in [2.24, 2.45) is 11.3 Å². The highest BCUT2D eigenvalue weighted by Gasteiger charge is 2.62. The van der Waals surface area contributed by atoms with E-state index in [2.05, 4.69) is 20.4 Å². The minimum absolute atomic E-state index is 0.0130. The first-order valence-corrected chi connectivity index (χ1v) is 18.8. The molecule has 4 heterocycles. The summed E-state index contributed by atoms with van der Waals surface area (Å²) in [6, 6.07) is 7.95. The van der Waals surface area contributed by atoms with E-state index in [0.29, 0.717) is 19.5 Å². The first kappa shape index (κ1) is 34.6. The smallest absolute Gasteiger partial charge is 0.410 e. The van der Waals surface area contributed by atoms with Gasteiger partial charge in [0.1, 0.15) is 16.6 Å². The van der Waals surface area contributed by atoms with Gasteiger partial charge in [0.2, 0.25) is 5.88 Å². The molecule has 53 heavy (non-hydrogen) atoms. The summed E-state index contributed by atoms with van der Waals surface area (Å²) in [4.78, 5) is 35.7. The molecule has 1 atom stereocenters. The van der Waals surface area contributed by atoms with Crippen molar-refractivity contribution in [3.63, 3.8) is 0 Å². The summed E-state index contributed by atoms with van der Waals surface area (Å²) in [7, 11) is -4.47. The molecule has 0 bridgehead atoms. The molecule has 18 heteroatoms. The van der Waals surface area contributed by atoms with Crippen molar-refractivity contribution < 1.29 is 46.1 Å². The van der Waals surface area contributed by atoms with E-state index in [1.54, 1.807) is 11.0 Å². The van der Waals surface area contributed by atoms with Crippen LogP contribution in [0.4, 0.5) is 23.8 Å². The highest BCUT2D eigenvalue weighted by Crippen LogP contribution is 2.60. The number of nitrogens with one attached hydrogen (secondary N) is 2. The van der Waals surface area contributed by atoms with Crippen LogP contribution in [0, 0.1) is 11.3 Å². The molecule has 0 radical (unpaired) electrons. The lowest BCUT2D eigenvalue weighted by atomic mass is 9.93. The van der Waals surface area contributed by atoms with Crippen molar-refractivity contribution in [2.45, 2.75) is 102 Å². The largest absolute Gasteiger partial charge is 0.477 e. The van der Waals surface area contributed by atoms with Crippen LogP contribution in [-0.2, 0) is 14.8 Å². The van der Waals surface area contributed by atoms with Gasteiger partial charge in [0.05, 0.1) is 17.6 Å². The SMILES string of the molecule is [2H]C([2H])(COc1ccn(-c2ccc(C(=O)NS(=O)(=O)c3cccc(NCCC[C@@H]4CN(C(=O)OC(C)(C)C)C(C)(C)C4)n3)c(Cl)n2)n1)C([2H])([2H])C1(C(F)(F)F)CC1. The van der Waals surface area contributed by atoms with Gasteiger partial charge < -0.3 is 19.7 Å². The Kier molecular flexibility index (Phi) is 10.0. The molecule has 3 aromatic heterocycles. The molecule has 2 N–H and O–H groups in total. The van der Waals surface area contributed by atoms with Crippen LogP contribution in [0.1, 0.15) is 95.3 Å². The number of halogens is 4. The van der Waals surface area contributed by atoms with Gasteiger partial charge in [0.25, 0.3) is 15.9 Å². The van der Waals surface area contributed by atoms with Gasteiger partial charge in [-0.1, -0.05) is 17.7 Å². The van der Waals surface area contributed by atoms with Crippen LogP contribution >= 0.6 is 11.6 Å². The summed E-state index contributed by atoms with van der Waals surface area (Å²) < 4.78 is 113. The third kappa shape index (κ3) is 10.1. The van der Waals surface area contributed by atoms with Crippen LogP contribution in [0.3, 0.4) is 0 Å². The second-order valence-corrected chi connectivity index (χ2v) is 16.6. The highest BCUT2D eigenvalue weighted by molar-refractivity contribution is 7.90. The van der Waals surface area contributed by atoms with Crippen LogP contribution in [0.25, 0.3) is 5.82 Å². The Morgan fingerprint density at radius 2 is 1.85 bits per heavy atom.